The van der Waals surface area contributed by atoms with Crippen LogP contribution in [-0.2, 0) is 9.53 Å². The van der Waals surface area contributed by atoms with Crippen LogP contribution in [0.1, 0.15) is 26.7 Å². The zero-order valence-electron chi connectivity index (χ0n) is 11.4. The summed E-state index contributed by atoms with van der Waals surface area (Å²) in [4.78, 5) is 13.8. The first-order valence-corrected chi connectivity index (χ1v) is 6.69. The quantitative estimate of drug-likeness (QED) is 0.709. The van der Waals surface area contributed by atoms with Crippen LogP contribution in [0.5, 0.6) is 0 Å². The van der Waals surface area contributed by atoms with E-state index in [1.165, 1.54) is 25.9 Å². The zero-order chi connectivity index (χ0) is 12.7. The molecule has 0 aromatic heterocycles. The second-order valence-corrected chi connectivity index (χ2v) is 5.06. The summed E-state index contributed by atoms with van der Waals surface area (Å²) in [5.74, 6) is 0.630. The van der Waals surface area contributed by atoms with Crippen molar-refractivity contribution >= 4 is 5.97 Å². The maximum absolute atomic E-state index is 11.4. The Balaban J connectivity index is 2.09. The van der Waals surface area contributed by atoms with E-state index in [-0.39, 0.29) is 11.9 Å². The highest BCUT2D eigenvalue weighted by Gasteiger charge is 2.18. The molecule has 0 aliphatic carbocycles. The van der Waals surface area contributed by atoms with Crippen LogP contribution < -0.4 is 5.32 Å². The Labute approximate surface area is 105 Å². The molecule has 0 aromatic carbocycles. The summed E-state index contributed by atoms with van der Waals surface area (Å²) < 4.78 is 4.97. The number of esters is 1. The SMILES string of the molecule is CCOC(=O)C(C)CNCC1CCN(C)CC1. The smallest absolute Gasteiger partial charge is 0.309 e. The topological polar surface area (TPSA) is 41.6 Å². The summed E-state index contributed by atoms with van der Waals surface area (Å²) >= 11 is 0. The number of nitrogens with zero attached hydrogens (tertiary/aromatic N) is 1. The van der Waals surface area contributed by atoms with Crippen molar-refractivity contribution in [2.75, 3.05) is 39.8 Å². The van der Waals surface area contributed by atoms with E-state index < -0.39 is 0 Å². The number of piperidine rings is 1. The number of likely N-dealkylation sites (tertiary alicyclic amines) is 1. The van der Waals surface area contributed by atoms with E-state index in [2.05, 4.69) is 17.3 Å². The number of ether oxygens (including phenoxy) is 1. The molecule has 17 heavy (non-hydrogen) atoms. The Morgan fingerprint density at radius 3 is 2.71 bits per heavy atom. The fourth-order valence-electron chi connectivity index (χ4n) is 2.14. The Kier molecular flexibility index (Phi) is 6.52. The lowest BCUT2D eigenvalue weighted by Crippen LogP contribution is -2.37. The molecule has 0 amide bonds. The zero-order valence-corrected chi connectivity index (χ0v) is 11.4. The molecule has 1 N–H and O–H groups in total. The second kappa shape index (κ2) is 7.67. The van der Waals surface area contributed by atoms with Crippen LogP contribution in [0.25, 0.3) is 0 Å². The van der Waals surface area contributed by atoms with Gasteiger partial charge < -0.3 is 15.0 Å². The molecule has 4 heteroatoms. The Morgan fingerprint density at radius 2 is 2.12 bits per heavy atom. The van der Waals surface area contributed by atoms with E-state index >= 15 is 0 Å². The predicted molar refractivity (Wildman–Crippen MR) is 68.9 cm³/mol. The van der Waals surface area contributed by atoms with Gasteiger partial charge in [0, 0.05) is 6.54 Å². The maximum atomic E-state index is 11.4. The third-order valence-corrected chi connectivity index (χ3v) is 3.41. The minimum Gasteiger partial charge on any atom is -0.466 e. The van der Waals surface area contributed by atoms with Gasteiger partial charge in [-0.25, -0.2) is 0 Å². The highest BCUT2D eigenvalue weighted by atomic mass is 16.5. The van der Waals surface area contributed by atoms with Gasteiger partial charge in [-0.2, -0.15) is 0 Å². The molecule has 0 saturated carbocycles. The third kappa shape index (κ3) is 5.50. The summed E-state index contributed by atoms with van der Waals surface area (Å²) in [5.41, 5.74) is 0. The van der Waals surface area contributed by atoms with Crippen LogP contribution >= 0.6 is 0 Å². The number of hydrogen-bond donors (Lipinski definition) is 1. The maximum Gasteiger partial charge on any atom is 0.309 e. The largest absolute Gasteiger partial charge is 0.466 e. The molecule has 0 bridgehead atoms. The molecule has 1 fully saturated rings. The number of hydrogen-bond acceptors (Lipinski definition) is 4. The average Bonchev–Trinajstić information content (AvgIpc) is 2.32. The Morgan fingerprint density at radius 1 is 1.47 bits per heavy atom. The molecule has 1 unspecified atom stereocenters. The predicted octanol–water partition coefficient (Wildman–Crippen LogP) is 1.12. The normalized spacial score (nSPS) is 20.2. The van der Waals surface area contributed by atoms with E-state index in [9.17, 15) is 4.79 Å². The van der Waals surface area contributed by atoms with E-state index in [1.54, 1.807) is 0 Å². The van der Waals surface area contributed by atoms with Crippen LogP contribution in [0, 0.1) is 11.8 Å². The molecule has 0 radical (unpaired) electrons. The standard InChI is InChI=1S/C13H26N2O2/c1-4-17-13(16)11(2)9-14-10-12-5-7-15(3)8-6-12/h11-12,14H,4-10H2,1-3H3. The third-order valence-electron chi connectivity index (χ3n) is 3.41. The fraction of sp³-hybridized carbons (Fsp3) is 0.923. The van der Waals surface area contributed by atoms with Crippen molar-refractivity contribution in [3.8, 4) is 0 Å². The molecule has 1 saturated heterocycles. The van der Waals surface area contributed by atoms with Gasteiger partial charge in [-0.05, 0) is 52.4 Å². The van der Waals surface area contributed by atoms with Gasteiger partial charge in [0.1, 0.15) is 0 Å². The Hall–Kier alpha value is -0.610. The lowest BCUT2D eigenvalue weighted by atomic mass is 9.97. The minimum atomic E-state index is -0.0941. The van der Waals surface area contributed by atoms with Gasteiger partial charge in [0.25, 0.3) is 0 Å². The highest BCUT2D eigenvalue weighted by Crippen LogP contribution is 2.14. The van der Waals surface area contributed by atoms with Gasteiger partial charge in [-0.1, -0.05) is 6.92 Å². The molecule has 1 aliphatic rings. The van der Waals surface area contributed by atoms with Crippen molar-refractivity contribution in [1.82, 2.24) is 10.2 Å². The van der Waals surface area contributed by atoms with Gasteiger partial charge in [0.2, 0.25) is 0 Å². The van der Waals surface area contributed by atoms with E-state index in [0.29, 0.717) is 6.61 Å². The van der Waals surface area contributed by atoms with Crippen molar-refractivity contribution in [2.24, 2.45) is 11.8 Å². The first-order valence-electron chi connectivity index (χ1n) is 6.69. The molecule has 1 aliphatic heterocycles. The van der Waals surface area contributed by atoms with Crippen LogP contribution in [0.3, 0.4) is 0 Å². The van der Waals surface area contributed by atoms with Crippen molar-refractivity contribution in [1.29, 1.82) is 0 Å². The Bertz CT molecular complexity index is 225. The van der Waals surface area contributed by atoms with Crippen LogP contribution in [0.15, 0.2) is 0 Å². The average molecular weight is 242 g/mol. The molecule has 0 aromatic rings. The van der Waals surface area contributed by atoms with Gasteiger partial charge in [0.05, 0.1) is 12.5 Å². The first-order chi connectivity index (χ1) is 8.13. The lowest BCUT2D eigenvalue weighted by molar-refractivity contribution is -0.147. The van der Waals surface area contributed by atoms with Crippen molar-refractivity contribution in [2.45, 2.75) is 26.7 Å². The van der Waals surface area contributed by atoms with Gasteiger partial charge in [-0.3, -0.25) is 4.79 Å². The first kappa shape index (κ1) is 14.5. The van der Waals surface area contributed by atoms with Crippen molar-refractivity contribution in [3.05, 3.63) is 0 Å². The second-order valence-electron chi connectivity index (χ2n) is 5.06. The van der Waals surface area contributed by atoms with E-state index in [1.807, 2.05) is 13.8 Å². The molecule has 1 rings (SSSR count). The number of rotatable bonds is 6. The molecule has 0 spiro atoms. The summed E-state index contributed by atoms with van der Waals surface area (Å²) in [6.45, 7) is 8.37. The number of carbonyl (C=O) groups is 1. The minimum absolute atomic E-state index is 0.0405. The number of carbonyl (C=O) groups excluding carboxylic acids is 1. The molecular weight excluding hydrogens is 216 g/mol. The van der Waals surface area contributed by atoms with Gasteiger partial charge in [-0.15, -0.1) is 0 Å². The van der Waals surface area contributed by atoms with Gasteiger partial charge in [0.15, 0.2) is 0 Å². The van der Waals surface area contributed by atoms with Crippen LogP contribution in [0.4, 0.5) is 0 Å². The molecule has 4 nitrogen and oxygen atoms in total. The molecule has 100 valence electrons. The summed E-state index contributed by atoms with van der Waals surface area (Å²) in [5, 5.41) is 3.39. The van der Waals surface area contributed by atoms with Gasteiger partial charge >= 0.3 is 5.97 Å². The molecular formula is C13H26N2O2. The molecule has 1 heterocycles. The number of nitrogens with one attached hydrogen (secondary N) is 1. The molecule has 1 atom stereocenters. The van der Waals surface area contributed by atoms with E-state index in [0.717, 1.165) is 19.0 Å². The van der Waals surface area contributed by atoms with Crippen LogP contribution in [0.2, 0.25) is 0 Å². The summed E-state index contributed by atoms with van der Waals surface area (Å²) in [6.07, 6.45) is 2.52. The fourth-order valence-corrected chi connectivity index (χ4v) is 2.14. The van der Waals surface area contributed by atoms with Crippen LogP contribution in [-0.4, -0.2) is 50.7 Å². The lowest BCUT2D eigenvalue weighted by Gasteiger charge is -2.29. The summed E-state index contributed by atoms with van der Waals surface area (Å²) in [7, 11) is 2.17. The monoisotopic (exact) mass is 242 g/mol. The van der Waals surface area contributed by atoms with Crippen molar-refractivity contribution in [3.63, 3.8) is 0 Å². The highest BCUT2D eigenvalue weighted by molar-refractivity contribution is 5.72. The van der Waals surface area contributed by atoms with E-state index in [4.69, 9.17) is 4.74 Å². The van der Waals surface area contributed by atoms with Crippen molar-refractivity contribution < 1.29 is 9.53 Å². The summed E-state index contributed by atoms with van der Waals surface area (Å²) in [6, 6.07) is 0.